The van der Waals surface area contributed by atoms with Gasteiger partial charge >= 0.3 is 0 Å². The summed E-state index contributed by atoms with van der Waals surface area (Å²) >= 11 is 0. The molecule has 2 atom stereocenters. The topological polar surface area (TPSA) is 55.4 Å². The molecule has 1 rings (SSSR count). The lowest BCUT2D eigenvalue weighted by molar-refractivity contribution is 0.0213. The zero-order valence-electron chi connectivity index (χ0n) is 10.2. The highest BCUT2D eigenvalue weighted by molar-refractivity contribution is 7.91. The van der Waals surface area contributed by atoms with Gasteiger partial charge in [-0.05, 0) is 32.7 Å². The minimum Gasteiger partial charge on any atom is -0.376 e. The molecule has 0 aromatic carbocycles. The Morgan fingerprint density at radius 1 is 1.38 bits per heavy atom. The van der Waals surface area contributed by atoms with Crippen LogP contribution in [0, 0.1) is 0 Å². The van der Waals surface area contributed by atoms with Gasteiger partial charge in [-0.2, -0.15) is 0 Å². The summed E-state index contributed by atoms with van der Waals surface area (Å²) in [7, 11) is -2.90. The maximum atomic E-state index is 11.5. The van der Waals surface area contributed by atoms with Crippen molar-refractivity contribution < 1.29 is 13.2 Å². The lowest BCUT2D eigenvalue weighted by Gasteiger charge is -2.29. The normalized spacial score (nSPS) is 26.9. The van der Waals surface area contributed by atoms with Crippen LogP contribution in [0.1, 0.15) is 33.1 Å². The Morgan fingerprint density at radius 2 is 2.12 bits per heavy atom. The Kier molecular flexibility index (Phi) is 5.72. The number of ether oxygens (including phenoxy) is 1. The molecule has 1 fully saturated rings. The van der Waals surface area contributed by atoms with E-state index in [1.54, 1.807) is 0 Å². The Bertz CT molecular complexity index is 290. The Morgan fingerprint density at radius 3 is 2.75 bits per heavy atom. The lowest BCUT2D eigenvalue weighted by atomic mass is 10.0. The third-order valence-electron chi connectivity index (χ3n) is 2.93. The second kappa shape index (κ2) is 6.57. The molecule has 0 bridgehead atoms. The first-order chi connectivity index (χ1) is 7.55. The summed E-state index contributed by atoms with van der Waals surface area (Å²) in [5.41, 5.74) is 0. The molecule has 0 spiro atoms. The van der Waals surface area contributed by atoms with Gasteiger partial charge in [-0.1, -0.05) is 6.92 Å². The van der Waals surface area contributed by atoms with Gasteiger partial charge < -0.3 is 10.1 Å². The van der Waals surface area contributed by atoms with Crippen LogP contribution in [0.2, 0.25) is 0 Å². The van der Waals surface area contributed by atoms with Gasteiger partial charge in [-0.15, -0.1) is 0 Å². The second-order valence-corrected chi connectivity index (χ2v) is 6.75. The smallest absolute Gasteiger partial charge is 0.152 e. The zero-order chi connectivity index (χ0) is 12.0. The summed E-state index contributed by atoms with van der Waals surface area (Å²) in [6.07, 6.45) is 2.99. The molecule has 16 heavy (non-hydrogen) atoms. The van der Waals surface area contributed by atoms with E-state index in [9.17, 15) is 8.42 Å². The van der Waals surface area contributed by atoms with Gasteiger partial charge in [0.05, 0.1) is 18.5 Å². The van der Waals surface area contributed by atoms with E-state index in [1.807, 2.05) is 6.92 Å². The molecule has 0 aromatic rings. The van der Waals surface area contributed by atoms with Gasteiger partial charge in [0, 0.05) is 11.8 Å². The van der Waals surface area contributed by atoms with Crippen LogP contribution >= 0.6 is 0 Å². The monoisotopic (exact) mass is 249 g/mol. The van der Waals surface area contributed by atoms with Gasteiger partial charge in [0.1, 0.15) is 0 Å². The number of hydrogen-bond acceptors (Lipinski definition) is 4. The first kappa shape index (κ1) is 13.9. The van der Waals surface area contributed by atoms with Crippen molar-refractivity contribution in [1.29, 1.82) is 0 Å². The molecule has 1 aliphatic rings. The Balaban J connectivity index is 2.24. The number of piperidine rings is 1. The van der Waals surface area contributed by atoms with E-state index >= 15 is 0 Å². The maximum Gasteiger partial charge on any atom is 0.152 e. The van der Waals surface area contributed by atoms with Gasteiger partial charge in [0.15, 0.2) is 9.84 Å². The average Bonchev–Trinajstić information content (AvgIpc) is 2.20. The fourth-order valence-corrected chi connectivity index (χ4v) is 3.16. The van der Waals surface area contributed by atoms with Crippen LogP contribution in [0.3, 0.4) is 0 Å². The van der Waals surface area contributed by atoms with Gasteiger partial charge in [-0.25, -0.2) is 8.42 Å². The van der Waals surface area contributed by atoms with Gasteiger partial charge in [0.25, 0.3) is 0 Å². The van der Waals surface area contributed by atoms with E-state index in [0.29, 0.717) is 19.1 Å². The van der Waals surface area contributed by atoms with Gasteiger partial charge in [0.2, 0.25) is 0 Å². The molecule has 2 unspecified atom stereocenters. The number of nitrogens with one attached hydrogen (secondary N) is 1. The molecule has 1 aliphatic heterocycles. The fraction of sp³-hybridized carbons (Fsp3) is 1.00. The molecule has 1 heterocycles. The molecular formula is C11H23NO3S. The van der Waals surface area contributed by atoms with Crippen molar-refractivity contribution in [2.24, 2.45) is 0 Å². The maximum absolute atomic E-state index is 11.5. The summed E-state index contributed by atoms with van der Waals surface area (Å²) in [5.74, 6) is 0.429. The van der Waals surface area contributed by atoms with E-state index in [2.05, 4.69) is 12.2 Å². The van der Waals surface area contributed by atoms with Gasteiger partial charge in [-0.3, -0.25) is 0 Å². The van der Waals surface area contributed by atoms with Crippen LogP contribution < -0.4 is 5.32 Å². The first-order valence-electron chi connectivity index (χ1n) is 6.10. The molecule has 0 radical (unpaired) electrons. The molecule has 0 aliphatic carbocycles. The number of hydrogen-bond donors (Lipinski definition) is 1. The molecule has 96 valence electrons. The molecular weight excluding hydrogens is 226 g/mol. The summed E-state index contributed by atoms with van der Waals surface area (Å²) in [6, 6.07) is 0.336. The standard InChI is InChI=1S/C11H23NO3S/c1-3-8-16(13,14)9-7-15-11-5-4-6-12-10(11)2/h10-12H,3-9H2,1-2H3. The predicted octanol–water partition coefficient (Wildman–Crippen LogP) is 0.968. The van der Waals surface area contributed by atoms with E-state index in [0.717, 1.165) is 19.4 Å². The summed E-state index contributed by atoms with van der Waals surface area (Å²) in [5, 5.41) is 3.33. The zero-order valence-corrected chi connectivity index (χ0v) is 11.1. The van der Waals surface area contributed by atoms with Crippen molar-refractivity contribution >= 4 is 9.84 Å². The van der Waals surface area contributed by atoms with Crippen LogP contribution in [0.25, 0.3) is 0 Å². The van der Waals surface area contributed by atoms with E-state index in [-0.39, 0.29) is 17.6 Å². The van der Waals surface area contributed by atoms with Crippen LogP contribution in [-0.4, -0.2) is 45.2 Å². The molecule has 0 amide bonds. The summed E-state index contributed by atoms with van der Waals surface area (Å²) in [6.45, 7) is 5.34. The lowest BCUT2D eigenvalue weighted by Crippen LogP contribution is -2.44. The van der Waals surface area contributed by atoms with Crippen LogP contribution in [-0.2, 0) is 14.6 Å². The Hall–Kier alpha value is -0.130. The van der Waals surface area contributed by atoms with Crippen molar-refractivity contribution in [3.8, 4) is 0 Å². The summed E-state index contributed by atoms with van der Waals surface area (Å²) < 4.78 is 28.6. The number of rotatable bonds is 6. The highest BCUT2D eigenvalue weighted by Gasteiger charge is 2.21. The quantitative estimate of drug-likeness (QED) is 0.762. The Labute approximate surface area is 98.7 Å². The largest absolute Gasteiger partial charge is 0.376 e. The molecule has 4 nitrogen and oxygen atoms in total. The second-order valence-electron chi connectivity index (χ2n) is 4.45. The first-order valence-corrected chi connectivity index (χ1v) is 7.92. The highest BCUT2D eigenvalue weighted by Crippen LogP contribution is 2.12. The third kappa shape index (κ3) is 4.80. The predicted molar refractivity (Wildman–Crippen MR) is 65.4 cm³/mol. The average molecular weight is 249 g/mol. The minimum atomic E-state index is -2.90. The van der Waals surface area contributed by atoms with Crippen molar-refractivity contribution in [3.63, 3.8) is 0 Å². The number of sulfone groups is 1. The molecule has 1 saturated heterocycles. The van der Waals surface area contributed by atoms with Crippen molar-refractivity contribution in [1.82, 2.24) is 5.32 Å². The fourth-order valence-electron chi connectivity index (χ4n) is 1.98. The van der Waals surface area contributed by atoms with Crippen LogP contribution in [0.15, 0.2) is 0 Å². The molecule has 0 saturated carbocycles. The van der Waals surface area contributed by atoms with E-state index in [4.69, 9.17) is 4.74 Å². The van der Waals surface area contributed by atoms with Crippen molar-refractivity contribution in [2.75, 3.05) is 24.7 Å². The SMILES string of the molecule is CCCS(=O)(=O)CCOC1CCCNC1C. The third-order valence-corrected chi connectivity index (χ3v) is 4.75. The minimum absolute atomic E-state index is 0.157. The molecule has 0 aromatic heterocycles. The highest BCUT2D eigenvalue weighted by atomic mass is 32.2. The summed E-state index contributed by atoms with van der Waals surface area (Å²) in [4.78, 5) is 0. The van der Waals surface area contributed by atoms with Crippen LogP contribution in [0.5, 0.6) is 0 Å². The molecule has 1 N–H and O–H groups in total. The van der Waals surface area contributed by atoms with Crippen molar-refractivity contribution in [3.05, 3.63) is 0 Å². The van der Waals surface area contributed by atoms with Crippen molar-refractivity contribution in [2.45, 2.75) is 45.3 Å². The van der Waals surface area contributed by atoms with E-state index in [1.165, 1.54) is 0 Å². The van der Waals surface area contributed by atoms with Crippen LogP contribution in [0.4, 0.5) is 0 Å². The van der Waals surface area contributed by atoms with E-state index < -0.39 is 9.84 Å². The molecule has 5 heteroatoms.